The van der Waals surface area contributed by atoms with Gasteiger partial charge in [-0.1, -0.05) is 88.4 Å². The molecule has 1 saturated heterocycles. The number of carboxylic acid groups (broad SMARTS) is 2. The summed E-state index contributed by atoms with van der Waals surface area (Å²) in [6, 6.07) is 31.9. The van der Waals surface area contributed by atoms with Crippen LogP contribution in [0.1, 0.15) is 117 Å². The summed E-state index contributed by atoms with van der Waals surface area (Å²) in [6.45, 7) is 33.5. The van der Waals surface area contributed by atoms with Crippen molar-refractivity contribution < 1.29 is 127 Å². The number of halogens is 10. The standard InChI is InChI=1S/C21H16ClFN4O2S.C13H14FN3O.C8H3ClN2S.C8H7FN2O3.C8H9FN2O.C7H5ClN2.C7H4FNO4.C4H6O.C2H4O2.CCl2S.CN.Fe.Na/c1-24-12-4-7-17(15(22)10-12)26-19(29)21(8-3-9-21)27(20(26)30)13-5-6-14(16(23)11-13)18(28)25-2;1-15-12(18)10-5-4-9(8-11(10)14)17-13(16-2)6-3-7-13;1-10-6-2-3-8(11-5-12)7(9)4-6;1-10-8(12)6-3-2-5(11(13)14)4-7(6)9;1-11-8(12)6-3-2-5(10)4-7(6)9;1-10-5-2-3-7(9)6(8)4-5;8-6-3-4(9(12)13)1-2-5(6)7(10)11;5-4-2-1-3-4;1-2(3)4;2-1(3)4;1-2;;/h4-7,10-11H,3,8-9H2,2H3,(H,25,28);4-5,8,17H,3,6-7H2,1H3,(H,15,18);2-4H;2-4H,1H3,(H,10,12);2-4H,10H2,1H3,(H,11,12);2-4H,9H2;1-3H,(H,10,11);1-3H2;1H3,(H,3,4);;;;/q;;;;;;;;;;-1;;+1. The summed E-state index contributed by atoms with van der Waals surface area (Å²) < 4.78 is 67.1. The van der Waals surface area contributed by atoms with Crippen LogP contribution in [-0.2, 0) is 31.5 Å². The Balaban J connectivity index is 0.00000144. The molecule has 126 heavy (non-hydrogen) atoms. The van der Waals surface area contributed by atoms with Crippen molar-refractivity contribution in [2.24, 2.45) is 4.99 Å². The number of rotatable bonds is 12. The zero-order valence-corrected chi connectivity index (χ0v) is 75.8. The SMILES string of the molecule is CC(=O)O.CNC(=O)c1ccc(N)cc1F.CNC(=O)c1ccc([N+](=O)[O-])cc1F.O=C(O)c1ccc([N+](=O)[O-])cc1F.O=C1CCC1.S=C(Cl)Cl.[C-]#N.[C-]#[N+]C1(Nc2ccc(C(=O)NC)c(F)c2)CCC1.[C-]#[N+]c1ccc(N)c(Cl)c1.[C-]#[N+]c1ccc(N2C(=O)C3(CCC3)N(c3ccc(C(=O)NC)c(F)c3)C2=S)c(Cl)c1.[C-]#[N+]c1ccc(N=C=S)c(Cl)c1.[Fe].[Na+]. The van der Waals surface area contributed by atoms with Gasteiger partial charge in [0.2, 0.25) is 0 Å². The first-order valence-corrected chi connectivity index (χ1v) is 37.8. The third kappa shape index (κ3) is 34.7. The van der Waals surface area contributed by atoms with Crippen molar-refractivity contribution in [3.05, 3.63) is 290 Å². The quantitative estimate of drug-likeness (QED) is 0.00631. The largest absolute Gasteiger partial charge is 1.00 e. The molecule has 1 spiro atoms. The number of hydrogen-bond acceptors (Lipinski definition) is 20. The van der Waals surface area contributed by atoms with Crippen LogP contribution in [0.3, 0.4) is 0 Å². The molecule has 654 valence electrons. The normalized spacial score (nSPS) is 12.2. The smallest absolute Gasteiger partial charge is 0.512 e. The van der Waals surface area contributed by atoms with E-state index in [1.807, 2.05) is 0 Å². The fourth-order valence-electron chi connectivity index (χ4n) is 10.0. The number of benzene rings is 8. The summed E-state index contributed by atoms with van der Waals surface area (Å²) in [5, 5.41) is 58.3. The molecule has 12 rings (SSSR count). The number of nitrogens with one attached hydrogen (secondary N) is 5. The number of aromatic carboxylic acids is 1. The molecule has 4 aliphatic rings. The molecule has 0 bridgehead atoms. The molecule has 0 radical (unpaired) electrons. The topological polar surface area (TPSA) is 436 Å². The van der Waals surface area contributed by atoms with Crippen LogP contribution in [0.2, 0.25) is 15.1 Å². The van der Waals surface area contributed by atoms with E-state index >= 15 is 0 Å². The Labute approximate surface area is 791 Å². The van der Waals surface area contributed by atoms with Crippen molar-refractivity contribution in [2.45, 2.75) is 75.9 Å². The van der Waals surface area contributed by atoms with Crippen LogP contribution in [0.5, 0.6) is 0 Å². The number of carbonyl (C=O) groups excluding carboxylic acids is 6. The fourth-order valence-corrected chi connectivity index (χ4v) is 11.3. The summed E-state index contributed by atoms with van der Waals surface area (Å²) in [6.07, 6.45) is 7.36. The number of ketones is 1. The van der Waals surface area contributed by atoms with Crippen LogP contribution >= 0.6 is 94.7 Å². The zero-order chi connectivity index (χ0) is 94.1. The predicted molar refractivity (Wildman–Crippen MR) is 470 cm³/mol. The maximum Gasteiger partial charge on any atom is 1.00 e. The van der Waals surface area contributed by atoms with Gasteiger partial charge in [0.25, 0.3) is 46.9 Å². The van der Waals surface area contributed by atoms with Crippen molar-refractivity contribution in [3.8, 4) is 0 Å². The second-order valence-corrected chi connectivity index (χ2v) is 28.1. The van der Waals surface area contributed by atoms with E-state index in [4.69, 9.17) is 135 Å². The first-order valence-electron chi connectivity index (χ1n) is 34.7. The van der Waals surface area contributed by atoms with E-state index < -0.39 is 97.0 Å². The molecule has 8 aromatic carbocycles. The maximum absolute atomic E-state index is 14.6. The Bertz CT molecular complexity index is 5600. The minimum Gasteiger partial charge on any atom is -0.512 e. The van der Waals surface area contributed by atoms with Crippen molar-refractivity contribution in [2.75, 3.05) is 54.8 Å². The van der Waals surface area contributed by atoms with E-state index in [-0.39, 0.29) is 94.4 Å². The molecule has 0 atom stereocenters. The van der Waals surface area contributed by atoms with Gasteiger partial charge in [0, 0.05) is 113 Å². The van der Waals surface area contributed by atoms with Crippen molar-refractivity contribution in [1.29, 1.82) is 5.26 Å². The Morgan fingerprint density at radius 1 is 0.579 bits per heavy atom. The number of nitro groups is 2. The van der Waals surface area contributed by atoms with Gasteiger partial charge in [-0.15, -0.1) is 0 Å². The zero-order valence-electron chi connectivity index (χ0n) is 66.5. The minimum atomic E-state index is -1.45. The number of carboxylic acids is 2. The van der Waals surface area contributed by atoms with Gasteiger partial charge in [0.05, 0.1) is 101 Å². The number of nitro benzene ring substituents is 2. The Morgan fingerprint density at radius 2 is 0.960 bits per heavy atom. The summed E-state index contributed by atoms with van der Waals surface area (Å²) in [5.41, 5.74) is 11.5. The van der Waals surface area contributed by atoms with Crippen LogP contribution in [0.4, 0.5) is 84.5 Å². The van der Waals surface area contributed by atoms with E-state index in [1.165, 1.54) is 75.6 Å². The number of amides is 5. The summed E-state index contributed by atoms with van der Waals surface area (Å²) in [5.74, 6) is -8.04. The number of non-ortho nitro benzene ring substituents is 2. The van der Waals surface area contributed by atoms with E-state index in [0.717, 1.165) is 82.2 Å². The Kier molecular flexibility index (Phi) is 51.1. The molecule has 0 aromatic heterocycles. The number of isothiocyanates is 1. The molecule has 46 heteroatoms. The van der Waals surface area contributed by atoms with Crippen LogP contribution in [0.25, 0.3) is 19.4 Å². The number of carbonyl (C=O) groups is 8. The first kappa shape index (κ1) is 114. The average Bonchev–Trinajstić information content (AvgIpc) is 1.55. The molecule has 1 heterocycles. The molecule has 3 aliphatic carbocycles. The second kappa shape index (κ2) is 56.6. The van der Waals surface area contributed by atoms with Gasteiger partial charge in [0.15, 0.2) is 26.0 Å². The van der Waals surface area contributed by atoms with E-state index in [0.29, 0.717) is 92.0 Å². The summed E-state index contributed by atoms with van der Waals surface area (Å²) >= 11 is 41.4. The van der Waals surface area contributed by atoms with Crippen LogP contribution < -0.4 is 77.4 Å². The van der Waals surface area contributed by atoms with Gasteiger partial charge in [-0.05, 0) is 160 Å². The van der Waals surface area contributed by atoms with Crippen LogP contribution in [0, 0.1) is 87.4 Å². The van der Waals surface area contributed by atoms with Gasteiger partial charge in [0.1, 0.15) is 40.4 Å². The third-order valence-corrected chi connectivity index (χ3v) is 17.9. The van der Waals surface area contributed by atoms with Gasteiger partial charge in [-0.2, -0.15) is 4.99 Å². The molecule has 4 fully saturated rings. The Hall–Kier alpha value is -12.2. The van der Waals surface area contributed by atoms with E-state index in [2.05, 4.69) is 80.6 Å². The predicted octanol–water partition coefficient (Wildman–Crippen LogP) is 15.9. The minimum absolute atomic E-state index is 0. The number of hydrogen-bond donors (Lipinski definition) is 9. The third-order valence-electron chi connectivity index (χ3n) is 16.5. The molecule has 5 amide bonds. The fraction of sp³-hybridized carbons (Fsp3) is 0.200. The van der Waals surface area contributed by atoms with Gasteiger partial charge in [-0.25, -0.2) is 47.9 Å². The number of nitrogens with zero attached hydrogens (tertiary/aromatic N) is 10. The van der Waals surface area contributed by atoms with Crippen molar-refractivity contribution in [3.63, 3.8) is 0 Å². The number of aliphatic carboxylic acids is 1. The molecule has 8 aromatic rings. The molecule has 11 N–H and O–H groups in total. The monoisotopic (exact) mass is 1940 g/mol. The summed E-state index contributed by atoms with van der Waals surface area (Å²) in [7, 11) is 5.67. The second-order valence-electron chi connectivity index (χ2n) is 24.5. The first-order chi connectivity index (χ1) is 58.5. The number of aliphatic imine (C=N–C) groups is 1. The van der Waals surface area contributed by atoms with Gasteiger partial charge >= 0.3 is 41.2 Å². The molecule has 1 aliphatic heterocycles. The molecule has 31 nitrogen and oxygen atoms in total. The molecule has 0 unspecified atom stereocenters. The van der Waals surface area contributed by atoms with Crippen molar-refractivity contribution >= 4 is 219 Å². The number of anilines is 5. The van der Waals surface area contributed by atoms with Crippen LogP contribution in [-0.4, -0.2) is 121 Å². The summed E-state index contributed by atoms with van der Waals surface area (Å²) in [4.78, 5) is 127. The van der Waals surface area contributed by atoms with Gasteiger partial charge in [-0.3, -0.25) is 63.5 Å². The average molecular weight is 1940 g/mol. The number of nitrogens with two attached hydrogens (primary N) is 2. The van der Waals surface area contributed by atoms with E-state index in [9.17, 15) is 75.7 Å². The maximum atomic E-state index is 14.6. The van der Waals surface area contributed by atoms with Crippen molar-refractivity contribution in [1.82, 2.24) is 21.3 Å². The molecule has 3 saturated carbocycles. The van der Waals surface area contributed by atoms with E-state index in [1.54, 1.807) is 65.6 Å². The Morgan fingerprint density at radius 3 is 1.29 bits per heavy atom. The number of Topliss-reactive ketones (excluding diaryl/α,β-unsaturated/α-hetero) is 1. The molecular weight excluding hydrogens is 1870 g/mol. The number of thiocarbonyl (C=S) groups is 3. The number of nitrogen functional groups attached to an aromatic ring is 2. The molecular formula is C80H68Cl5F5FeN17NaO14S3. The van der Waals surface area contributed by atoms with Gasteiger partial charge < -0.3 is 65.0 Å². The van der Waals surface area contributed by atoms with Crippen LogP contribution in [0.15, 0.2) is 151 Å².